The molecular weight excluding hydrogens is 246 g/mol. The van der Waals surface area contributed by atoms with Crippen molar-refractivity contribution in [1.82, 2.24) is 9.97 Å². The predicted molar refractivity (Wildman–Crippen MR) is 73.5 cm³/mol. The Balaban J connectivity index is 2.41. The third kappa shape index (κ3) is 2.74. The molecule has 0 amide bonds. The molecule has 0 saturated heterocycles. The average Bonchev–Trinajstić information content (AvgIpc) is 2.74. The number of aryl methyl sites for hydroxylation is 1. The van der Waals surface area contributed by atoms with E-state index in [1.165, 1.54) is 0 Å². The molecule has 1 heterocycles. The van der Waals surface area contributed by atoms with Gasteiger partial charge in [0.1, 0.15) is 5.69 Å². The van der Waals surface area contributed by atoms with Gasteiger partial charge in [-0.25, -0.2) is 4.98 Å². The minimum Gasteiger partial charge on any atom is -0.359 e. The molecule has 1 fully saturated rings. The molecule has 0 radical (unpaired) electrons. The third-order valence-electron chi connectivity index (χ3n) is 3.59. The number of hydrogen-bond acceptors (Lipinski definition) is 6. The van der Waals surface area contributed by atoms with Crippen LogP contribution in [-0.2, 0) is 0 Å². The third-order valence-corrected chi connectivity index (χ3v) is 3.59. The SMILES string of the molecule is CNc1nc(C)c([N+](=O)[O-])c(NC2(C)CCCC2)n1. The number of aromatic nitrogens is 2. The molecule has 1 saturated carbocycles. The molecule has 7 nitrogen and oxygen atoms in total. The summed E-state index contributed by atoms with van der Waals surface area (Å²) in [7, 11) is 1.70. The zero-order valence-electron chi connectivity index (χ0n) is 11.5. The molecule has 1 aliphatic carbocycles. The van der Waals surface area contributed by atoms with Crippen molar-refractivity contribution in [3.8, 4) is 0 Å². The quantitative estimate of drug-likeness (QED) is 0.641. The first-order valence-corrected chi connectivity index (χ1v) is 6.44. The van der Waals surface area contributed by atoms with E-state index < -0.39 is 4.92 Å². The molecule has 0 aliphatic heterocycles. The van der Waals surface area contributed by atoms with E-state index in [1.54, 1.807) is 14.0 Å². The van der Waals surface area contributed by atoms with Crippen molar-refractivity contribution >= 4 is 17.5 Å². The maximum atomic E-state index is 11.2. The first kappa shape index (κ1) is 13.5. The highest BCUT2D eigenvalue weighted by Gasteiger charge is 2.32. The number of hydrogen-bond donors (Lipinski definition) is 2. The highest BCUT2D eigenvalue weighted by atomic mass is 16.6. The van der Waals surface area contributed by atoms with Gasteiger partial charge in [-0.1, -0.05) is 12.8 Å². The van der Waals surface area contributed by atoms with Crippen LogP contribution in [0.5, 0.6) is 0 Å². The first-order chi connectivity index (χ1) is 8.95. The van der Waals surface area contributed by atoms with E-state index >= 15 is 0 Å². The largest absolute Gasteiger partial charge is 0.359 e. The lowest BCUT2D eigenvalue weighted by molar-refractivity contribution is -0.385. The van der Waals surface area contributed by atoms with E-state index in [0.29, 0.717) is 17.5 Å². The van der Waals surface area contributed by atoms with E-state index in [0.717, 1.165) is 25.7 Å². The van der Waals surface area contributed by atoms with Crippen molar-refractivity contribution in [2.45, 2.75) is 45.1 Å². The summed E-state index contributed by atoms with van der Waals surface area (Å²) in [6.45, 7) is 3.71. The number of nitrogens with zero attached hydrogens (tertiary/aromatic N) is 3. The van der Waals surface area contributed by atoms with Gasteiger partial charge < -0.3 is 10.6 Å². The molecule has 104 valence electrons. The smallest absolute Gasteiger partial charge is 0.332 e. The van der Waals surface area contributed by atoms with E-state index in [4.69, 9.17) is 0 Å². The Hall–Kier alpha value is -1.92. The van der Waals surface area contributed by atoms with Crippen molar-refractivity contribution in [1.29, 1.82) is 0 Å². The number of nitro groups is 1. The molecule has 0 bridgehead atoms. The van der Waals surface area contributed by atoms with Gasteiger partial charge in [0.15, 0.2) is 0 Å². The van der Waals surface area contributed by atoms with Crippen molar-refractivity contribution < 1.29 is 4.92 Å². The zero-order valence-corrected chi connectivity index (χ0v) is 11.5. The lowest BCUT2D eigenvalue weighted by Gasteiger charge is -2.26. The molecular formula is C12H19N5O2. The van der Waals surface area contributed by atoms with Crippen LogP contribution in [0, 0.1) is 17.0 Å². The van der Waals surface area contributed by atoms with Crippen LogP contribution in [0.4, 0.5) is 17.5 Å². The Morgan fingerprint density at radius 1 is 1.32 bits per heavy atom. The molecule has 19 heavy (non-hydrogen) atoms. The van der Waals surface area contributed by atoms with Crippen molar-refractivity contribution in [2.24, 2.45) is 0 Å². The average molecular weight is 265 g/mol. The molecule has 2 N–H and O–H groups in total. The Morgan fingerprint density at radius 2 is 1.95 bits per heavy atom. The van der Waals surface area contributed by atoms with Crippen LogP contribution in [-0.4, -0.2) is 27.5 Å². The van der Waals surface area contributed by atoms with Gasteiger partial charge in [0, 0.05) is 12.6 Å². The summed E-state index contributed by atoms with van der Waals surface area (Å²) >= 11 is 0. The second-order valence-corrected chi connectivity index (χ2v) is 5.23. The van der Waals surface area contributed by atoms with E-state index in [9.17, 15) is 10.1 Å². The predicted octanol–water partition coefficient (Wildman–Crippen LogP) is 2.48. The van der Waals surface area contributed by atoms with E-state index in [-0.39, 0.29) is 11.2 Å². The maximum absolute atomic E-state index is 11.2. The van der Waals surface area contributed by atoms with Crippen LogP contribution < -0.4 is 10.6 Å². The van der Waals surface area contributed by atoms with Crippen LogP contribution in [0.1, 0.15) is 38.3 Å². The minimum atomic E-state index is -0.421. The van der Waals surface area contributed by atoms with Crippen molar-refractivity contribution in [2.75, 3.05) is 17.7 Å². The summed E-state index contributed by atoms with van der Waals surface area (Å²) < 4.78 is 0. The topological polar surface area (TPSA) is 93.0 Å². The molecule has 7 heteroatoms. The molecule has 0 unspecified atom stereocenters. The van der Waals surface area contributed by atoms with Gasteiger partial charge in [-0.15, -0.1) is 0 Å². The Labute approximate surface area is 112 Å². The van der Waals surface area contributed by atoms with Crippen LogP contribution in [0.15, 0.2) is 0 Å². The highest BCUT2D eigenvalue weighted by Crippen LogP contribution is 2.35. The van der Waals surface area contributed by atoms with Gasteiger partial charge in [-0.2, -0.15) is 4.98 Å². The number of rotatable bonds is 4. The maximum Gasteiger partial charge on any atom is 0.332 e. The Bertz CT molecular complexity index is 497. The van der Waals surface area contributed by atoms with Crippen LogP contribution in [0.25, 0.3) is 0 Å². The molecule has 1 aromatic rings. The second kappa shape index (κ2) is 4.99. The van der Waals surface area contributed by atoms with Crippen molar-refractivity contribution in [3.05, 3.63) is 15.8 Å². The van der Waals surface area contributed by atoms with Gasteiger partial charge >= 0.3 is 5.69 Å². The van der Waals surface area contributed by atoms with Gasteiger partial charge in [0.05, 0.1) is 4.92 Å². The summed E-state index contributed by atoms with van der Waals surface area (Å²) in [6, 6.07) is 0. The molecule has 0 spiro atoms. The summed E-state index contributed by atoms with van der Waals surface area (Å²) in [5, 5.41) is 17.3. The Kier molecular flexibility index (Phi) is 3.55. The fourth-order valence-electron chi connectivity index (χ4n) is 2.55. The normalized spacial score (nSPS) is 17.2. The number of anilines is 2. The highest BCUT2D eigenvalue weighted by molar-refractivity contribution is 5.61. The lowest BCUT2D eigenvalue weighted by atomic mass is 10.0. The standard InChI is InChI=1S/C12H19N5O2/c1-8-9(17(18)19)10(15-11(13-3)14-8)16-12(2)6-4-5-7-12/h4-7H2,1-3H3,(H2,13,14,15,16). The summed E-state index contributed by atoms with van der Waals surface area (Å²) in [5.41, 5.74) is 0.219. The van der Waals surface area contributed by atoms with Gasteiger partial charge in [-0.3, -0.25) is 10.1 Å². The molecule has 1 aromatic heterocycles. The fourth-order valence-corrected chi connectivity index (χ4v) is 2.55. The van der Waals surface area contributed by atoms with Gasteiger partial charge in [0.25, 0.3) is 0 Å². The minimum absolute atomic E-state index is 0.0351. The van der Waals surface area contributed by atoms with E-state index in [1.807, 2.05) is 0 Å². The first-order valence-electron chi connectivity index (χ1n) is 6.44. The molecule has 1 aliphatic rings. The molecule has 0 atom stereocenters. The lowest BCUT2D eigenvalue weighted by Crippen LogP contribution is -2.32. The summed E-state index contributed by atoms with van der Waals surface area (Å²) in [4.78, 5) is 19.0. The monoisotopic (exact) mass is 265 g/mol. The number of nitrogens with one attached hydrogen (secondary N) is 2. The summed E-state index contributed by atoms with van der Waals surface area (Å²) in [6.07, 6.45) is 4.28. The van der Waals surface area contributed by atoms with Crippen LogP contribution >= 0.6 is 0 Å². The summed E-state index contributed by atoms with van der Waals surface area (Å²) in [5.74, 6) is 0.707. The Morgan fingerprint density at radius 3 is 2.47 bits per heavy atom. The van der Waals surface area contributed by atoms with E-state index in [2.05, 4.69) is 27.5 Å². The van der Waals surface area contributed by atoms with Crippen LogP contribution in [0.2, 0.25) is 0 Å². The molecule has 2 rings (SSSR count). The molecule has 0 aromatic carbocycles. The second-order valence-electron chi connectivity index (χ2n) is 5.23. The van der Waals surface area contributed by atoms with Gasteiger partial charge in [-0.05, 0) is 26.7 Å². The van der Waals surface area contributed by atoms with Crippen LogP contribution in [0.3, 0.4) is 0 Å². The fraction of sp³-hybridized carbons (Fsp3) is 0.667. The zero-order chi connectivity index (χ0) is 14.0. The van der Waals surface area contributed by atoms with Gasteiger partial charge in [0.2, 0.25) is 11.8 Å². The van der Waals surface area contributed by atoms with Crippen molar-refractivity contribution in [3.63, 3.8) is 0 Å².